The molecule has 1 unspecified atom stereocenters. The third kappa shape index (κ3) is 7.81. The minimum Gasteiger partial charge on any atom is -0.298 e. The zero-order valence-corrected chi connectivity index (χ0v) is 12.6. The van der Waals surface area contributed by atoms with Crippen molar-refractivity contribution in [2.45, 2.75) is 64.7 Å². The van der Waals surface area contributed by atoms with Crippen LogP contribution in [-0.4, -0.2) is 12.8 Å². The lowest BCUT2D eigenvalue weighted by molar-refractivity contribution is 0.610. The van der Waals surface area contributed by atoms with Crippen molar-refractivity contribution in [2.75, 3.05) is 6.54 Å². The van der Waals surface area contributed by atoms with E-state index in [0.717, 1.165) is 13.0 Å². The lowest BCUT2D eigenvalue weighted by Gasteiger charge is -2.10. The lowest BCUT2D eigenvalue weighted by Crippen LogP contribution is -1.94. The van der Waals surface area contributed by atoms with E-state index in [2.05, 4.69) is 55.4 Å². The van der Waals surface area contributed by atoms with Crippen LogP contribution >= 0.6 is 0 Å². The maximum atomic E-state index is 4.49. The first kappa shape index (κ1) is 15.9. The van der Waals surface area contributed by atoms with Gasteiger partial charge in [-0.05, 0) is 43.4 Å². The van der Waals surface area contributed by atoms with Gasteiger partial charge >= 0.3 is 0 Å². The average molecular weight is 259 g/mol. The smallest absolute Gasteiger partial charge is 0.0385 e. The van der Waals surface area contributed by atoms with Gasteiger partial charge in [-0.15, -0.1) is 0 Å². The summed E-state index contributed by atoms with van der Waals surface area (Å²) < 4.78 is 0. The van der Waals surface area contributed by atoms with Crippen LogP contribution in [0.15, 0.2) is 35.3 Å². The molecule has 1 aromatic rings. The first-order chi connectivity index (χ1) is 9.34. The van der Waals surface area contributed by atoms with Crippen molar-refractivity contribution >= 4 is 6.21 Å². The summed E-state index contributed by atoms with van der Waals surface area (Å²) in [6.45, 7) is 5.57. The first-order valence-corrected chi connectivity index (χ1v) is 7.87. The molecule has 0 N–H and O–H groups in total. The Labute approximate surface area is 119 Å². The Balaban J connectivity index is 2.02. The van der Waals surface area contributed by atoms with Gasteiger partial charge in [0.15, 0.2) is 0 Å². The summed E-state index contributed by atoms with van der Waals surface area (Å²) in [4.78, 5) is 4.49. The van der Waals surface area contributed by atoms with Crippen molar-refractivity contribution in [3.05, 3.63) is 35.9 Å². The fourth-order valence-electron chi connectivity index (χ4n) is 2.27. The van der Waals surface area contributed by atoms with E-state index in [9.17, 15) is 0 Å². The van der Waals surface area contributed by atoms with E-state index in [1.165, 1.54) is 44.1 Å². The van der Waals surface area contributed by atoms with E-state index in [1.54, 1.807) is 0 Å². The van der Waals surface area contributed by atoms with Gasteiger partial charge in [0, 0.05) is 6.54 Å². The topological polar surface area (TPSA) is 12.4 Å². The van der Waals surface area contributed by atoms with Crippen LogP contribution in [0, 0.1) is 0 Å². The molecule has 106 valence electrons. The molecular formula is C18H29N. The van der Waals surface area contributed by atoms with Gasteiger partial charge < -0.3 is 0 Å². The standard InChI is InChI=1S/C18H29N/c1-3-4-5-10-15-19-16-11-9-12-17(2)18-13-7-6-8-14-18/h6-8,13-15,17H,3-5,9-12,16H2,1-2H3. The van der Waals surface area contributed by atoms with Gasteiger partial charge in [0.2, 0.25) is 0 Å². The fourth-order valence-corrected chi connectivity index (χ4v) is 2.27. The zero-order valence-electron chi connectivity index (χ0n) is 12.6. The number of aliphatic imine (C=N–C) groups is 1. The van der Waals surface area contributed by atoms with E-state index in [-0.39, 0.29) is 0 Å². The molecule has 1 rings (SSSR count). The predicted octanol–water partition coefficient (Wildman–Crippen LogP) is 5.61. The molecule has 0 bridgehead atoms. The van der Waals surface area contributed by atoms with Crippen LogP contribution in [-0.2, 0) is 0 Å². The highest BCUT2D eigenvalue weighted by Crippen LogP contribution is 2.20. The second-order valence-corrected chi connectivity index (χ2v) is 5.39. The highest BCUT2D eigenvalue weighted by Gasteiger charge is 2.03. The molecule has 0 saturated heterocycles. The van der Waals surface area contributed by atoms with Crippen molar-refractivity contribution in [3.8, 4) is 0 Å². The quantitative estimate of drug-likeness (QED) is 0.382. The van der Waals surface area contributed by atoms with Crippen LogP contribution in [0.2, 0.25) is 0 Å². The summed E-state index contributed by atoms with van der Waals surface area (Å²) in [5, 5.41) is 0. The molecule has 0 radical (unpaired) electrons. The number of nitrogens with zero attached hydrogens (tertiary/aromatic N) is 1. The third-order valence-electron chi connectivity index (χ3n) is 3.61. The monoisotopic (exact) mass is 259 g/mol. The highest BCUT2D eigenvalue weighted by atomic mass is 14.7. The van der Waals surface area contributed by atoms with E-state index in [4.69, 9.17) is 0 Å². The number of hydrogen-bond donors (Lipinski definition) is 0. The summed E-state index contributed by atoms with van der Waals surface area (Å²) in [6, 6.07) is 10.8. The molecule has 1 heteroatoms. The van der Waals surface area contributed by atoms with Gasteiger partial charge in [-0.25, -0.2) is 0 Å². The van der Waals surface area contributed by atoms with Gasteiger partial charge in [-0.1, -0.05) is 63.4 Å². The Morgan fingerprint density at radius 1 is 1.05 bits per heavy atom. The second-order valence-electron chi connectivity index (χ2n) is 5.39. The van der Waals surface area contributed by atoms with Gasteiger partial charge in [-0.3, -0.25) is 4.99 Å². The summed E-state index contributed by atoms with van der Waals surface area (Å²) >= 11 is 0. The Hall–Kier alpha value is -1.11. The van der Waals surface area contributed by atoms with Crippen molar-refractivity contribution in [3.63, 3.8) is 0 Å². The minimum atomic E-state index is 0.676. The highest BCUT2D eigenvalue weighted by molar-refractivity contribution is 5.56. The van der Waals surface area contributed by atoms with Gasteiger partial charge in [0.25, 0.3) is 0 Å². The maximum Gasteiger partial charge on any atom is 0.0385 e. The van der Waals surface area contributed by atoms with E-state index < -0.39 is 0 Å². The van der Waals surface area contributed by atoms with Gasteiger partial charge in [-0.2, -0.15) is 0 Å². The molecule has 1 nitrogen and oxygen atoms in total. The van der Waals surface area contributed by atoms with Crippen molar-refractivity contribution < 1.29 is 0 Å². The third-order valence-corrected chi connectivity index (χ3v) is 3.61. The van der Waals surface area contributed by atoms with Gasteiger partial charge in [0.1, 0.15) is 0 Å². The first-order valence-electron chi connectivity index (χ1n) is 7.87. The molecule has 0 spiro atoms. The lowest BCUT2D eigenvalue weighted by atomic mass is 9.96. The number of hydrogen-bond acceptors (Lipinski definition) is 1. The van der Waals surface area contributed by atoms with Crippen LogP contribution < -0.4 is 0 Å². The molecular weight excluding hydrogens is 230 g/mol. The molecule has 0 aliphatic rings. The normalized spacial score (nSPS) is 12.9. The number of unbranched alkanes of at least 4 members (excludes halogenated alkanes) is 4. The fraction of sp³-hybridized carbons (Fsp3) is 0.611. The van der Waals surface area contributed by atoms with Crippen LogP contribution in [0.25, 0.3) is 0 Å². The average Bonchev–Trinajstić information content (AvgIpc) is 2.46. The molecule has 0 aromatic heterocycles. The maximum absolute atomic E-state index is 4.49. The minimum absolute atomic E-state index is 0.676. The van der Waals surface area contributed by atoms with E-state index in [1.807, 2.05) is 0 Å². The summed E-state index contributed by atoms with van der Waals surface area (Å²) in [6.07, 6.45) is 11.0. The molecule has 19 heavy (non-hydrogen) atoms. The van der Waals surface area contributed by atoms with E-state index in [0.29, 0.717) is 5.92 Å². The molecule has 1 atom stereocenters. The Morgan fingerprint density at radius 3 is 2.58 bits per heavy atom. The summed E-state index contributed by atoms with van der Waals surface area (Å²) in [5.41, 5.74) is 1.46. The molecule has 0 aliphatic heterocycles. The van der Waals surface area contributed by atoms with Crippen molar-refractivity contribution in [1.82, 2.24) is 0 Å². The Kier molecular flexibility index (Phi) is 9.05. The summed E-state index contributed by atoms with van der Waals surface area (Å²) in [7, 11) is 0. The van der Waals surface area contributed by atoms with Crippen LogP contribution in [0.3, 0.4) is 0 Å². The van der Waals surface area contributed by atoms with Crippen LogP contribution in [0.1, 0.15) is 70.3 Å². The number of benzene rings is 1. The number of rotatable bonds is 10. The van der Waals surface area contributed by atoms with Crippen LogP contribution in [0.4, 0.5) is 0 Å². The Bertz CT molecular complexity index is 329. The van der Waals surface area contributed by atoms with Crippen molar-refractivity contribution in [1.29, 1.82) is 0 Å². The predicted molar refractivity (Wildman–Crippen MR) is 86.2 cm³/mol. The SMILES string of the molecule is CCCCCC=NCCCCC(C)c1ccccc1. The van der Waals surface area contributed by atoms with E-state index >= 15 is 0 Å². The molecule has 0 fully saturated rings. The molecule has 0 amide bonds. The largest absolute Gasteiger partial charge is 0.298 e. The molecule has 0 aliphatic carbocycles. The molecule has 1 aromatic carbocycles. The van der Waals surface area contributed by atoms with Crippen molar-refractivity contribution in [2.24, 2.45) is 4.99 Å². The molecule has 0 heterocycles. The molecule has 0 saturated carbocycles. The van der Waals surface area contributed by atoms with Gasteiger partial charge in [0.05, 0.1) is 0 Å². The zero-order chi connectivity index (χ0) is 13.8. The Morgan fingerprint density at radius 2 is 1.84 bits per heavy atom. The van der Waals surface area contributed by atoms with Crippen LogP contribution in [0.5, 0.6) is 0 Å². The second kappa shape index (κ2) is 10.8. The summed E-state index contributed by atoms with van der Waals surface area (Å²) in [5.74, 6) is 0.676.